The van der Waals surface area contributed by atoms with Gasteiger partial charge in [0.1, 0.15) is 0 Å². The molecule has 1 nitrogen and oxygen atoms in total. The maximum Gasteiger partial charge on any atom is 0.0620 e. The second-order valence-electron chi connectivity index (χ2n) is 7.13. The summed E-state index contributed by atoms with van der Waals surface area (Å²) in [4.78, 5) is 1.24. The summed E-state index contributed by atoms with van der Waals surface area (Å²) in [5.41, 5.74) is 6.24. The van der Waals surface area contributed by atoms with Crippen LogP contribution in [0.5, 0.6) is 0 Å². The molecule has 0 spiro atoms. The molecule has 0 bridgehead atoms. The summed E-state index contributed by atoms with van der Waals surface area (Å²) in [5.74, 6) is 0. The lowest BCUT2D eigenvalue weighted by atomic mass is 9.99. The Morgan fingerprint density at radius 2 is 1.32 bits per heavy atom. The van der Waals surface area contributed by atoms with Crippen molar-refractivity contribution in [2.45, 2.75) is 4.90 Å². The van der Waals surface area contributed by atoms with Gasteiger partial charge in [0.2, 0.25) is 0 Å². The number of thioether (sulfide) groups is 1. The van der Waals surface area contributed by atoms with Crippen LogP contribution in [0.4, 0.5) is 0 Å². The Bertz CT molecular complexity index is 1430. The van der Waals surface area contributed by atoms with Crippen molar-refractivity contribution in [2.75, 3.05) is 6.26 Å². The molecule has 3 heteroatoms. The minimum Gasteiger partial charge on any atom is -0.308 e. The van der Waals surface area contributed by atoms with Crippen LogP contribution < -0.4 is 0 Å². The number of aromatic nitrogens is 1. The molecule has 0 amide bonds. The van der Waals surface area contributed by atoms with E-state index in [1.807, 2.05) is 6.07 Å². The van der Waals surface area contributed by atoms with Gasteiger partial charge in [0, 0.05) is 31.5 Å². The summed E-state index contributed by atoms with van der Waals surface area (Å²) in [6, 6.07) is 28.2. The van der Waals surface area contributed by atoms with Crippen LogP contribution in [0.15, 0.2) is 83.8 Å². The highest BCUT2D eigenvalue weighted by Crippen LogP contribution is 2.43. The van der Waals surface area contributed by atoms with Crippen LogP contribution in [-0.4, -0.2) is 10.7 Å². The predicted octanol–water partition coefficient (Wildman–Crippen LogP) is 7.88. The minimum atomic E-state index is 0.771. The van der Waals surface area contributed by atoms with Crippen LogP contribution in [0, 0.1) is 0 Å². The van der Waals surface area contributed by atoms with E-state index in [-0.39, 0.29) is 0 Å². The van der Waals surface area contributed by atoms with E-state index in [4.69, 9.17) is 11.6 Å². The van der Waals surface area contributed by atoms with E-state index < -0.39 is 0 Å². The normalized spacial score (nSPS) is 12.1. The number of hydrogen-bond acceptors (Lipinski definition) is 1. The Kier molecular flexibility index (Phi) is 3.44. The summed E-state index contributed by atoms with van der Waals surface area (Å²) < 4.78 is 2.41. The standard InChI is InChI=1S/C25H16ClNS/c1-28-24-11-10-16(26)14-19(24)15-12-20-17-6-2-4-8-22(17)27-23-9-5-3-7-18(23)21(13-15)25(20)27/h2-14H,1H3. The molecule has 0 aliphatic carbocycles. The molecule has 0 atom stereocenters. The van der Waals surface area contributed by atoms with Gasteiger partial charge >= 0.3 is 0 Å². The number of hydrogen-bond donors (Lipinski definition) is 0. The molecule has 2 aromatic heterocycles. The summed E-state index contributed by atoms with van der Waals surface area (Å²) in [7, 11) is 0. The molecule has 0 saturated heterocycles. The Balaban J connectivity index is 1.86. The van der Waals surface area contributed by atoms with Gasteiger partial charge in [0.15, 0.2) is 0 Å². The third-order valence-electron chi connectivity index (χ3n) is 5.68. The van der Waals surface area contributed by atoms with Gasteiger partial charge in [-0.25, -0.2) is 0 Å². The highest BCUT2D eigenvalue weighted by molar-refractivity contribution is 7.98. The molecule has 28 heavy (non-hydrogen) atoms. The molecular weight excluding hydrogens is 382 g/mol. The topological polar surface area (TPSA) is 4.41 Å². The molecule has 0 radical (unpaired) electrons. The average Bonchev–Trinajstić information content (AvgIpc) is 3.25. The van der Waals surface area contributed by atoms with Gasteiger partial charge in [0.05, 0.1) is 16.6 Å². The van der Waals surface area contributed by atoms with Crippen LogP contribution in [0.2, 0.25) is 5.02 Å². The Morgan fingerprint density at radius 3 is 1.93 bits per heavy atom. The zero-order valence-electron chi connectivity index (χ0n) is 15.2. The SMILES string of the molecule is CSc1ccc(Cl)cc1-c1cc2c3ccccc3n3c4ccccc4c(c1)c23. The van der Waals surface area contributed by atoms with E-state index in [0.717, 1.165) is 5.02 Å². The Hall–Kier alpha value is -2.68. The zero-order chi connectivity index (χ0) is 18.8. The van der Waals surface area contributed by atoms with Crippen molar-refractivity contribution >= 4 is 61.5 Å². The summed E-state index contributed by atoms with van der Waals surface area (Å²) in [6.07, 6.45) is 2.12. The maximum atomic E-state index is 6.37. The highest BCUT2D eigenvalue weighted by atomic mass is 35.5. The molecule has 0 fully saturated rings. The number of para-hydroxylation sites is 2. The molecule has 134 valence electrons. The van der Waals surface area contributed by atoms with E-state index in [1.165, 1.54) is 54.1 Å². The number of rotatable bonds is 2. The van der Waals surface area contributed by atoms with Gasteiger partial charge in [-0.05, 0) is 59.8 Å². The van der Waals surface area contributed by atoms with Gasteiger partial charge < -0.3 is 4.40 Å². The first-order valence-electron chi connectivity index (χ1n) is 9.27. The minimum absolute atomic E-state index is 0.771. The second kappa shape index (κ2) is 5.91. The summed E-state index contributed by atoms with van der Waals surface area (Å²) >= 11 is 8.13. The van der Waals surface area contributed by atoms with Gasteiger partial charge in [-0.15, -0.1) is 11.8 Å². The van der Waals surface area contributed by atoms with Crippen molar-refractivity contribution in [1.82, 2.24) is 4.40 Å². The lowest BCUT2D eigenvalue weighted by Gasteiger charge is -2.09. The average molecular weight is 398 g/mol. The van der Waals surface area contributed by atoms with Crippen molar-refractivity contribution in [2.24, 2.45) is 0 Å². The van der Waals surface area contributed by atoms with E-state index in [1.54, 1.807) is 11.8 Å². The Morgan fingerprint density at radius 1 is 0.714 bits per heavy atom. The van der Waals surface area contributed by atoms with Crippen molar-refractivity contribution in [3.8, 4) is 11.1 Å². The Labute approximate surface area is 171 Å². The van der Waals surface area contributed by atoms with Crippen LogP contribution in [0.3, 0.4) is 0 Å². The fourth-order valence-electron chi connectivity index (χ4n) is 4.51. The largest absolute Gasteiger partial charge is 0.308 e. The molecule has 6 aromatic rings. The van der Waals surface area contributed by atoms with Crippen LogP contribution >= 0.6 is 23.4 Å². The molecule has 0 saturated carbocycles. The van der Waals surface area contributed by atoms with Gasteiger partial charge in [-0.2, -0.15) is 0 Å². The van der Waals surface area contributed by atoms with Crippen molar-refractivity contribution in [1.29, 1.82) is 0 Å². The van der Waals surface area contributed by atoms with E-state index in [2.05, 4.69) is 83.5 Å². The quantitative estimate of drug-likeness (QED) is 0.269. The second-order valence-corrected chi connectivity index (χ2v) is 8.42. The smallest absolute Gasteiger partial charge is 0.0620 e. The van der Waals surface area contributed by atoms with Gasteiger partial charge in [-0.3, -0.25) is 0 Å². The number of fused-ring (bicyclic) bond motifs is 6. The third kappa shape index (κ3) is 2.10. The molecule has 0 aliphatic heterocycles. The fraction of sp³-hybridized carbons (Fsp3) is 0.0400. The van der Waals surface area contributed by atoms with Crippen LogP contribution in [-0.2, 0) is 0 Å². The number of benzene rings is 4. The molecule has 2 heterocycles. The lowest BCUT2D eigenvalue weighted by molar-refractivity contribution is 1.37. The van der Waals surface area contributed by atoms with Crippen LogP contribution in [0.1, 0.15) is 0 Å². The van der Waals surface area contributed by atoms with E-state index in [9.17, 15) is 0 Å². The first-order chi connectivity index (χ1) is 13.8. The molecular formula is C25H16ClNS. The summed E-state index contributed by atoms with van der Waals surface area (Å²) in [6.45, 7) is 0. The monoisotopic (exact) mass is 397 g/mol. The molecule has 6 rings (SSSR count). The molecule has 0 unspecified atom stereocenters. The van der Waals surface area contributed by atoms with Crippen molar-refractivity contribution in [3.63, 3.8) is 0 Å². The lowest BCUT2D eigenvalue weighted by Crippen LogP contribution is -1.83. The maximum absolute atomic E-state index is 6.37. The fourth-order valence-corrected chi connectivity index (χ4v) is 5.28. The number of halogens is 1. The van der Waals surface area contributed by atoms with Gasteiger partial charge in [-0.1, -0.05) is 48.0 Å². The molecule has 0 N–H and O–H groups in total. The van der Waals surface area contributed by atoms with Gasteiger partial charge in [0.25, 0.3) is 0 Å². The third-order valence-corrected chi connectivity index (χ3v) is 6.71. The van der Waals surface area contributed by atoms with E-state index >= 15 is 0 Å². The predicted molar refractivity (Wildman–Crippen MR) is 123 cm³/mol. The van der Waals surface area contributed by atoms with Crippen molar-refractivity contribution < 1.29 is 0 Å². The van der Waals surface area contributed by atoms with Crippen molar-refractivity contribution in [3.05, 3.63) is 83.9 Å². The molecule has 0 aliphatic rings. The van der Waals surface area contributed by atoms with E-state index in [0.29, 0.717) is 0 Å². The number of nitrogens with zero attached hydrogens (tertiary/aromatic N) is 1. The first kappa shape index (κ1) is 16.3. The van der Waals surface area contributed by atoms with Crippen LogP contribution in [0.25, 0.3) is 49.2 Å². The first-order valence-corrected chi connectivity index (χ1v) is 10.9. The molecule has 4 aromatic carbocycles. The highest BCUT2D eigenvalue weighted by Gasteiger charge is 2.19. The zero-order valence-corrected chi connectivity index (χ0v) is 16.8. The summed E-state index contributed by atoms with van der Waals surface area (Å²) in [5, 5.41) is 5.95.